The van der Waals surface area contributed by atoms with Crippen LogP contribution >= 0.6 is 0 Å². The van der Waals surface area contributed by atoms with Crippen molar-refractivity contribution in [2.75, 3.05) is 13.1 Å². The topological polar surface area (TPSA) is 101 Å². The Morgan fingerprint density at radius 2 is 1.79 bits per heavy atom. The van der Waals surface area contributed by atoms with Crippen LogP contribution in [0.5, 0.6) is 0 Å². The molecular weight excluding hydrogens is 246 g/mol. The monoisotopic (exact) mass is 267 g/mol. The second-order valence-electron chi connectivity index (χ2n) is 4.53. The van der Waals surface area contributed by atoms with Gasteiger partial charge in [0.05, 0.1) is 6.04 Å². The fourth-order valence-electron chi connectivity index (χ4n) is 1.74. The molecule has 1 aliphatic heterocycles. The molecule has 6 heteroatoms. The molecule has 0 radical (unpaired) electrons. The van der Waals surface area contributed by atoms with Crippen molar-refractivity contribution in [3.63, 3.8) is 0 Å². The summed E-state index contributed by atoms with van der Waals surface area (Å²) >= 11 is 0. The summed E-state index contributed by atoms with van der Waals surface area (Å²) in [4.78, 5) is 34.4. The van der Waals surface area contributed by atoms with Crippen LogP contribution in [0, 0.1) is 0 Å². The molecule has 0 saturated carbocycles. The number of hydrogen-bond acceptors (Lipinski definition) is 4. The molecular formula is C13H21N3O3. The van der Waals surface area contributed by atoms with Gasteiger partial charge < -0.3 is 16.4 Å². The molecule has 0 saturated heterocycles. The number of amides is 2. The highest BCUT2D eigenvalue weighted by molar-refractivity contribution is 6.38. The second kappa shape index (κ2) is 8.42. The molecule has 4 N–H and O–H groups in total. The van der Waals surface area contributed by atoms with Crippen molar-refractivity contribution in [2.24, 2.45) is 5.73 Å². The Bertz CT molecular complexity index is 366. The Labute approximate surface area is 112 Å². The molecule has 0 spiro atoms. The minimum Gasteiger partial charge on any atom is -0.354 e. The summed E-state index contributed by atoms with van der Waals surface area (Å²) < 4.78 is 0. The Hall–Kier alpha value is -1.69. The predicted molar refractivity (Wildman–Crippen MR) is 71.2 cm³/mol. The Kier molecular flexibility index (Phi) is 6.81. The zero-order valence-electron chi connectivity index (χ0n) is 11.0. The molecule has 1 aliphatic rings. The first-order chi connectivity index (χ1) is 9.11. The molecule has 1 atom stereocenters. The van der Waals surface area contributed by atoms with Gasteiger partial charge in [-0.15, -0.1) is 0 Å². The lowest BCUT2D eigenvalue weighted by molar-refractivity contribution is -0.138. The lowest BCUT2D eigenvalue weighted by Crippen LogP contribution is -2.44. The molecule has 0 aromatic rings. The van der Waals surface area contributed by atoms with Crippen LogP contribution < -0.4 is 16.4 Å². The van der Waals surface area contributed by atoms with Crippen LogP contribution in [-0.4, -0.2) is 36.7 Å². The van der Waals surface area contributed by atoms with Crippen molar-refractivity contribution in [3.05, 3.63) is 12.2 Å². The van der Waals surface area contributed by atoms with E-state index in [0.29, 0.717) is 19.4 Å². The molecule has 1 heterocycles. The van der Waals surface area contributed by atoms with E-state index in [0.717, 1.165) is 19.3 Å². The number of rotatable bonds is 0. The summed E-state index contributed by atoms with van der Waals surface area (Å²) in [6.07, 6.45) is 7.19. The molecule has 0 aromatic heterocycles. The van der Waals surface area contributed by atoms with Gasteiger partial charge in [-0.1, -0.05) is 12.2 Å². The predicted octanol–water partition coefficient (Wildman–Crippen LogP) is -0.364. The number of carbonyl (C=O) groups excluding carboxylic acids is 3. The Balaban J connectivity index is 2.53. The van der Waals surface area contributed by atoms with E-state index in [1.165, 1.54) is 0 Å². The SMILES string of the molecule is NC1C/C=C/CCCCC(=O)NCCNC(=O)C1=O. The van der Waals surface area contributed by atoms with Crippen LogP contribution in [0.4, 0.5) is 0 Å². The highest BCUT2D eigenvalue weighted by atomic mass is 16.2. The van der Waals surface area contributed by atoms with Crippen LogP contribution in [0.2, 0.25) is 0 Å². The number of nitrogens with two attached hydrogens (primary N) is 1. The van der Waals surface area contributed by atoms with E-state index in [9.17, 15) is 14.4 Å². The van der Waals surface area contributed by atoms with E-state index in [4.69, 9.17) is 5.73 Å². The third-order valence-corrected chi connectivity index (χ3v) is 2.87. The largest absolute Gasteiger partial charge is 0.354 e. The molecule has 0 fully saturated rings. The lowest BCUT2D eigenvalue weighted by atomic mass is 10.1. The average Bonchev–Trinajstić information content (AvgIpc) is 2.40. The molecule has 2 amide bonds. The van der Waals surface area contributed by atoms with Crippen molar-refractivity contribution in [2.45, 2.75) is 38.1 Å². The highest BCUT2D eigenvalue weighted by Crippen LogP contribution is 2.02. The summed E-state index contributed by atoms with van der Waals surface area (Å²) in [7, 11) is 0. The molecule has 106 valence electrons. The van der Waals surface area contributed by atoms with Crippen molar-refractivity contribution < 1.29 is 14.4 Å². The molecule has 1 unspecified atom stereocenters. The third kappa shape index (κ3) is 6.15. The lowest BCUT2D eigenvalue weighted by Gasteiger charge is -2.09. The van der Waals surface area contributed by atoms with Gasteiger partial charge in [0.1, 0.15) is 0 Å². The number of ketones is 1. The van der Waals surface area contributed by atoms with E-state index < -0.39 is 17.7 Å². The highest BCUT2D eigenvalue weighted by Gasteiger charge is 2.20. The van der Waals surface area contributed by atoms with E-state index in [1.807, 2.05) is 12.2 Å². The maximum Gasteiger partial charge on any atom is 0.289 e. The number of hydrogen-bond donors (Lipinski definition) is 3. The standard InChI is InChI=1S/C13H21N3O3/c14-10-6-4-2-1-3-5-7-11(17)15-8-9-16-13(19)12(10)18/h2,4,10H,1,3,5-9,14H2,(H,15,17)(H,16,19)/b4-2+. The summed E-state index contributed by atoms with van der Waals surface area (Å²) in [6, 6.07) is -0.795. The van der Waals surface area contributed by atoms with Crippen molar-refractivity contribution >= 4 is 17.6 Å². The average molecular weight is 267 g/mol. The second-order valence-corrected chi connectivity index (χ2v) is 4.53. The quantitative estimate of drug-likeness (QED) is 0.412. The van der Waals surface area contributed by atoms with Crippen LogP contribution in [0.1, 0.15) is 32.1 Å². The molecule has 1 rings (SSSR count). The van der Waals surface area contributed by atoms with Gasteiger partial charge >= 0.3 is 0 Å². The van der Waals surface area contributed by atoms with Crippen molar-refractivity contribution in [3.8, 4) is 0 Å². The van der Waals surface area contributed by atoms with Gasteiger partial charge in [0.2, 0.25) is 11.7 Å². The summed E-state index contributed by atoms with van der Waals surface area (Å²) in [5.41, 5.74) is 5.64. The Morgan fingerprint density at radius 1 is 1.05 bits per heavy atom. The molecule has 0 aromatic carbocycles. The van der Waals surface area contributed by atoms with Gasteiger partial charge in [-0.3, -0.25) is 14.4 Å². The van der Waals surface area contributed by atoms with Crippen molar-refractivity contribution in [1.82, 2.24) is 10.6 Å². The minimum absolute atomic E-state index is 0.0314. The number of Topliss-reactive ketones (excluding diaryl/α,β-unsaturated/α-hetero) is 1. The summed E-state index contributed by atoms with van der Waals surface area (Å²) in [5, 5.41) is 5.13. The zero-order valence-corrected chi connectivity index (χ0v) is 11.0. The maximum atomic E-state index is 11.6. The number of carbonyl (C=O) groups is 3. The van der Waals surface area contributed by atoms with E-state index in [2.05, 4.69) is 10.6 Å². The van der Waals surface area contributed by atoms with Gasteiger partial charge in [-0.25, -0.2) is 0 Å². The minimum atomic E-state index is -0.795. The fourth-order valence-corrected chi connectivity index (χ4v) is 1.74. The van der Waals surface area contributed by atoms with E-state index in [-0.39, 0.29) is 12.5 Å². The summed E-state index contributed by atoms with van der Waals surface area (Å²) in [6.45, 7) is 0.560. The maximum absolute atomic E-state index is 11.6. The van der Waals surface area contributed by atoms with Crippen molar-refractivity contribution in [1.29, 1.82) is 0 Å². The number of allylic oxidation sites excluding steroid dienone is 1. The summed E-state index contributed by atoms with van der Waals surface area (Å²) in [5.74, 6) is -1.34. The van der Waals surface area contributed by atoms with Gasteiger partial charge in [0.25, 0.3) is 5.91 Å². The van der Waals surface area contributed by atoms with Crippen LogP contribution in [0.3, 0.4) is 0 Å². The molecule has 19 heavy (non-hydrogen) atoms. The van der Waals surface area contributed by atoms with Crippen LogP contribution in [0.15, 0.2) is 12.2 Å². The first-order valence-corrected chi connectivity index (χ1v) is 6.60. The van der Waals surface area contributed by atoms with Crippen LogP contribution in [-0.2, 0) is 14.4 Å². The first kappa shape index (κ1) is 15.4. The first-order valence-electron chi connectivity index (χ1n) is 6.60. The van der Waals surface area contributed by atoms with Gasteiger partial charge in [-0.05, 0) is 25.7 Å². The van der Waals surface area contributed by atoms with Gasteiger partial charge in [-0.2, -0.15) is 0 Å². The van der Waals surface area contributed by atoms with Crippen LogP contribution in [0.25, 0.3) is 0 Å². The van der Waals surface area contributed by atoms with E-state index in [1.54, 1.807) is 0 Å². The molecule has 0 bridgehead atoms. The van der Waals surface area contributed by atoms with Gasteiger partial charge in [0.15, 0.2) is 0 Å². The smallest absolute Gasteiger partial charge is 0.289 e. The normalized spacial score (nSPS) is 25.7. The Morgan fingerprint density at radius 3 is 2.58 bits per heavy atom. The third-order valence-electron chi connectivity index (χ3n) is 2.87. The fraction of sp³-hybridized carbons (Fsp3) is 0.615. The molecule has 6 nitrogen and oxygen atoms in total. The zero-order chi connectivity index (χ0) is 14.1. The number of nitrogens with one attached hydrogen (secondary N) is 2. The van der Waals surface area contributed by atoms with Gasteiger partial charge in [0, 0.05) is 19.5 Å². The van der Waals surface area contributed by atoms with E-state index >= 15 is 0 Å². The molecule has 0 aliphatic carbocycles.